The predicted molar refractivity (Wildman–Crippen MR) is 168 cm³/mol. The largest absolute Gasteiger partial charge is 0.474 e. The van der Waals surface area contributed by atoms with Crippen molar-refractivity contribution < 1.29 is 14.0 Å². The minimum atomic E-state index is -0.459. The highest BCUT2D eigenvalue weighted by Crippen LogP contribution is 2.32. The Kier molecular flexibility index (Phi) is 12.4. The number of nitrogens with zero attached hydrogens (tertiary/aromatic N) is 4. The number of hydrogen-bond acceptors (Lipinski definition) is 7. The van der Waals surface area contributed by atoms with Gasteiger partial charge in [0.05, 0.1) is 11.5 Å². The molecule has 0 N–H and O–H groups in total. The van der Waals surface area contributed by atoms with Crippen molar-refractivity contribution in [1.82, 2.24) is 20.1 Å². The molecule has 2 aromatic heterocycles. The van der Waals surface area contributed by atoms with Crippen LogP contribution in [0.4, 0.5) is 0 Å². The number of hydrogen-bond donors (Lipinski definition) is 0. The van der Waals surface area contributed by atoms with Crippen LogP contribution < -0.4 is 9.47 Å². The summed E-state index contributed by atoms with van der Waals surface area (Å²) in [6.07, 6.45) is 5.94. The SMILES string of the molecule is CC#CC[C@@H](C)C[C@H](CC)Oc1cc(O[C@@H](C)C(CCCC)C(C)C)nc(-c2nc(C(C)(C)c3ccccc3)no2)n1. The van der Waals surface area contributed by atoms with Crippen molar-refractivity contribution in [2.75, 3.05) is 0 Å². The van der Waals surface area contributed by atoms with Crippen LogP contribution >= 0.6 is 0 Å². The Morgan fingerprint density at radius 3 is 2.26 bits per heavy atom. The maximum absolute atomic E-state index is 6.49. The fourth-order valence-corrected chi connectivity index (χ4v) is 5.28. The second-order valence-corrected chi connectivity index (χ2v) is 12.3. The topological polar surface area (TPSA) is 83.2 Å². The highest BCUT2D eigenvalue weighted by molar-refractivity contribution is 5.44. The van der Waals surface area contributed by atoms with Crippen LogP contribution in [-0.2, 0) is 5.41 Å². The van der Waals surface area contributed by atoms with E-state index in [1.165, 1.54) is 6.42 Å². The summed E-state index contributed by atoms with van der Waals surface area (Å²) >= 11 is 0. The molecule has 2 heterocycles. The molecule has 7 heteroatoms. The van der Waals surface area contributed by atoms with E-state index in [9.17, 15) is 0 Å². The number of ether oxygens (including phenoxy) is 2. The fourth-order valence-electron chi connectivity index (χ4n) is 5.28. The van der Waals surface area contributed by atoms with Gasteiger partial charge >= 0.3 is 0 Å². The monoisotopic (exact) mass is 574 g/mol. The molecule has 0 radical (unpaired) electrons. The van der Waals surface area contributed by atoms with Crippen LogP contribution in [0.5, 0.6) is 11.8 Å². The summed E-state index contributed by atoms with van der Waals surface area (Å²) in [7, 11) is 0. The van der Waals surface area contributed by atoms with Crippen molar-refractivity contribution in [3.63, 3.8) is 0 Å². The fraction of sp³-hybridized carbons (Fsp3) is 0.600. The van der Waals surface area contributed by atoms with Crippen molar-refractivity contribution in [2.24, 2.45) is 17.8 Å². The van der Waals surface area contributed by atoms with Crippen molar-refractivity contribution >= 4 is 0 Å². The predicted octanol–water partition coefficient (Wildman–Crippen LogP) is 8.68. The summed E-state index contributed by atoms with van der Waals surface area (Å²) in [4.78, 5) is 14.2. The van der Waals surface area contributed by atoms with Crippen LogP contribution in [0.3, 0.4) is 0 Å². The number of aromatic nitrogens is 4. The van der Waals surface area contributed by atoms with E-state index in [0.717, 1.165) is 37.7 Å². The molecule has 0 aliphatic carbocycles. The molecule has 0 saturated carbocycles. The minimum absolute atomic E-state index is 0.0186. The number of benzene rings is 1. The summed E-state index contributed by atoms with van der Waals surface area (Å²) in [6, 6.07) is 11.9. The first kappa shape index (κ1) is 33.1. The van der Waals surface area contributed by atoms with Gasteiger partial charge in [0.1, 0.15) is 12.2 Å². The van der Waals surface area contributed by atoms with Crippen molar-refractivity contribution in [1.29, 1.82) is 0 Å². The lowest BCUT2D eigenvalue weighted by Gasteiger charge is -2.28. The molecule has 0 amide bonds. The summed E-state index contributed by atoms with van der Waals surface area (Å²) in [6.45, 7) is 19.2. The van der Waals surface area contributed by atoms with Gasteiger partial charge in [0.15, 0.2) is 5.82 Å². The van der Waals surface area contributed by atoms with Gasteiger partial charge in [-0.15, -0.1) is 11.8 Å². The van der Waals surface area contributed by atoms with E-state index in [2.05, 4.69) is 84.5 Å². The molecular weight excluding hydrogens is 524 g/mol. The maximum Gasteiger partial charge on any atom is 0.296 e. The third-order valence-electron chi connectivity index (χ3n) is 8.04. The molecule has 228 valence electrons. The Bertz CT molecular complexity index is 1290. The zero-order valence-electron chi connectivity index (χ0n) is 27.1. The van der Waals surface area contributed by atoms with Crippen molar-refractivity contribution in [3.8, 4) is 35.3 Å². The average Bonchev–Trinajstić information content (AvgIpc) is 3.48. The highest BCUT2D eigenvalue weighted by Gasteiger charge is 2.30. The molecule has 4 atom stereocenters. The normalized spacial score (nSPS) is 14.5. The van der Waals surface area contributed by atoms with Gasteiger partial charge in [0.2, 0.25) is 17.6 Å². The zero-order valence-corrected chi connectivity index (χ0v) is 27.1. The molecule has 7 nitrogen and oxygen atoms in total. The Labute approximate surface area is 253 Å². The lowest BCUT2D eigenvalue weighted by Crippen LogP contribution is -2.28. The first-order chi connectivity index (χ1) is 20.1. The average molecular weight is 575 g/mol. The van der Waals surface area contributed by atoms with Crippen molar-refractivity contribution in [2.45, 2.75) is 118 Å². The molecular formula is C35H50N4O3. The molecule has 0 aliphatic rings. The Morgan fingerprint density at radius 1 is 0.952 bits per heavy atom. The van der Waals surface area contributed by atoms with E-state index >= 15 is 0 Å². The summed E-state index contributed by atoms with van der Waals surface area (Å²) < 4.78 is 18.7. The Hall–Kier alpha value is -3.40. The van der Waals surface area contributed by atoms with Crippen LogP contribution in [0.2, 0.25) is 0 Å². The van der Waals surface area contributed by atoms with E-state index in [-0.39, 0.29) is 18.1 Å². The van der Waals surface area contributed by atoms with E-state index in [1.807, 2.05) is 25.1 Å². The third kappa shape index (κ3) is 9.05. The van der Waals surface area contributed by atoms with Gasteiger partial charge in [-0.2, -0.15) is 15.0 Å². The molecule has 0 saturated heterocycles. The van der Waals surface area contributed by atoms with Gasteiger partial charge in [0.25, 0.3) is 5.89 Å². The Morgan fingerprint density at radius 2 is 1.64 bits per heavy atom. The van der Waals surface area contributed by atoms with Gasteiger partial charge in [-0.1, -0.05) is 82.9 Å². The molecule has 0 aliphatic heterocycles. The van der Waals surface area contributed by atoms with E-state index in [1.54, 1.807) is 6.07 Å². The molecule has 3 rings (SSSR count). The van der Waals surface area contributed by atoms with E-state index in [4.69, 9.17) is 28.9 Å². The third-order valence-corrected chi connectivity index (χ3v) is 8.04. The highest BCUT2D eigenvalue weighted by atomic mass is 16.5. The quantitative estimate of drug-likeness (QED) is 0.158. The van der Waals surface area contributed by atoms with Gasteiger partial charge in [-0.25, -0.2) is 0 Å². The van der Waals surface area contributed by atoms with Gasteiger partial charge < -0.3 is 14.0 Å². The summed E-state index contributed by atoms with van der Waals surface area (Å²) in [5, 5.41) is 4.33. The molecule has 0 bridgehead atoms. The summed E-state index contributed by atoms with van der Waals surface area (Å²) in [5.74, 6) is 9.46. The smallest absolute Gasteiger partial charge is 0.296 e. The van der Waals surface area contributed by atoms with Gasteiger partial charge in [-0.05, 0) is 70.3 Å². The lowest BCUT2D eigenvalue weighted by atomic mass is 9.84. The summed E-state index contributed by atoms with van der Waals surface area (Å²) in [5.41, 5.74) is 0.632. The van der Waals surface area contributed by atoms with Gasteiger partial charge in [0, 0.05) is 6.42 Å². The molecule has 0 fully saturated rings. The molecule has 3 aromatic rings. The second kappa shape index (κ2) is 15.7. The van der Waals surface area contributed by atoms with E-state index < -0.39 is 5.41 Å². The minimum Gasteiger partial charge on any atom is -0.474 e. The van der Waals surface area contributed by atoms with Crippen LogP contribution in [0.25, 0.3) is 11.7 Å². The van der Waals surface area contributed by atoms with Crippen LogP contribution in [0.1, 0.15) is 112 Å². The molecule has 0 spiro atoms. The standard InChI is InChI=1S/C35H50N4O3/c1-10-13-18-25(6)22-28(12-3)41-31-23-30(40-26(7)29(24(4)5)21-14-11-2)36-32(37-31)33-38-34(39-42-33)35(8,9)27-19-16-15-17-20-27/h15-17,19-20,23-26,28-29H,11-12,14,18,21-22H2,1-9H3/t25-,26+,28+,29?/m1/s1. The van der Waals surface area contributed by atoms with Gasteiger partial charge in [-0.3, -0.25) is 0 Å². The first-order valence-corrected chi connectivity index (χ1v) is 15.6. The Balaban J connectivity index is 1.95. The second-order valence-electron chi connectivity index (χ2n) is 12.3. The van der Waals surface area contributed by atoms with Crippen LogP contribution in [0, 0.1) is 29.6 Å². The maximum atomic E-state index is 6.49. The zero-order chi connectivity index (χ0) is 30.7. The lowest BCUT2D eigenvalue weighted by molar-refractivity contribution is 0.106. The molecule has 1 unspecified atom stereocenters. The van der Waals surface area contributed by atoms with Crippen LogP contribution in [0.15, 0.2) is 40.9 Å². The first-order valence-electron chi connectivity index (χ1n) is 15.6. The van der Waals surface area contributed by atoms with Crippen LogP contribution in [-0.4, -0.2) is 32.3 Å². The van der Waals surface area contributed by atoms with Crippen molar-refractivity contribution in [3.05, 3.63) is 47.8 Å². The molecule has 42 heavy (non-hydrogen) atoms. The van der Waals surface area contributed by atoms with E-state index in [0.29, 0.717) is 41.2 Å². The number of rotatable bonds is 16. The molecule has 1 aromatic carbocycles. The number of unbranched alkanes of at least 4 members (excludes halogenated alkanes) is 1.